The van der Waals surface area contributed by atoms with Crippen molar-refractivity contribution in [3.05, 3.63) is 71.4 Å². The Balaban J connectivity index is 1.49. The predicted molar refractivity (Wildman–Crippen MR) is 115 cm³/mol. The second-order valence-corrected chi connectivity index (χ2v) is 7.76. The summed E-state index contributed by atoms with van der Waals surface area (Å²) in [5, 5.41) is 6.46. The van der Waals surface area contributed by atoms with Gasteiger partial charge in [-0.15, -0.1) is 0 Å². The fourth-order valence-corrected chi connectivity index (χ4v) is 3.75. The Morgan fingerprint density at radius 2 is 1.86 bits per heavy atom. The van der Waals surface area contributed by atoms with Gasteiger partial charge in [0.05, 0.1) is 0 Å². The molecule has 1 atom stereocenters. The smallest absolute Gasteiger partial charge is 0.275 e. The molecule has 0 aliphatic rings. The van der Waals surface area contributed by atoms with Gasteiger partial charge < -0.3 is 15.6 Å². The fourth-order valence-electron chi connectivity index (χ4n) is 3.75. The monoisotopic (exact) mass is 378 g/mol. The molecule has 0 saturated heterocycles. The molecule has 0 spiro atoms. The van der Waals surface area contributed by atoms with Gasteiger partial charge >= 0.3 is 0 Å². The van der Waals surface area contributed by atoms with Crippen LogP contribution in [-0.4, -0.2) is 24.0 Å². The van der Waals surface area contributed by atoms with Crippen molar-refractivity contribution in [3.8, 4) is 0 Å². The van der Waals surface area contributed by atoms with Crippen LogP contribution < -0.4 is 10.6 Å². The molecule has 0 saturated carbocycles. The Bertz CT molecular complexity index is 896. The zero-order valence-corrected chi connectivity index (χ0v) is 17.2. The summed E-state index contributed by atoms with van der Waals surface area (Å²) in [6, 6.07) is 17.4. The number of carbonyl (C=O) groups excluding carboxylic acids is 1. The number of para-hydroxylation sites is 1. The van der Waals surface area contributed by atoms with Crippen molar-refractivity contribution in [3.63, 3.8) is 0 Å². The van der Waals surface area contributed by atoms with Crippen LogP contribution in [0.25, 0.3) is 10.9 Å². The van der Waals surface area contributed by atoms with Gasteiger partial charge in [0.1, 0.15) is 6.04 Å². The molecule has 0 unspecified atom stereocenters. The topological polar surface area (TPSA) is 61.5 Å². The third-order valence-corrected chi connectivity index (χ3v) is 5.44. The number of fused-ring (bicyclic) bond motifs is 1. The van der Waals surface area contributed by atoms with E-state index in [9.17, 15) is 4.79 Å². The van der Waals surface area contributed by atoms with E-state index in [2.05, 4.69) is 72.8 Å². The van der Waals surface area contributed by atoms with Crippen molar-refractivity contribution in [2.75, 3.05) is 13.1 Å². The van der Waals surface area contributed by atoms with E-state index >= 15 is 0 Å². The van der Waals surface area contributed by atoms with E-state index in [-0.39, 0.29) is 5.91 Å². The summed E-state index contributed by atoms with van der Waals surface area (Å²) in [6.45, 7) is 7.70. The normalized spacial score (nSPS) is 12.4. The van der Waals surface area contributed by atoms with Gasteiger partial charge in [0, 0.05) is 35.1 Å². The van der Waals surface area contributed by atoms with Crippen molar-refractivity contribution in [1.29, 1.82) is 0 Å². The molecule has 0 aliphatic carbocycles. The Morgan fingerprint density at radius 3 is 2.57 bits per heavy atom. The first-order valence-corrected chi connectivity index (χ1v) is 10.3. The molecule has 2 aromatic carbocycles. The minimum Gasteiger partial charge on any atom is -0.361 e. The van der Waals surface area contributed by atoms with E-state index in [0.29, 0.717) is 25.0 Å². The van der Waals surface area contributed by atoms with Crippen molar-refractivity contribution in [1.82, 2.24) is 10.3 Å². The van der Waals surface area contributed by atoms with Crippen molar-refractivity contribution >= 4 is 16.8 Å². The van der Waals surface area contributed by atoms with Crippen LogP contribution in [0.2, 0.25) is 0 Å². The fraction of sp³-hybridized carbons (Fsp3) is 0.375. The van der Waals surface area contributed by atoms with Crippen LogP contribution in [0.4, 0.5) is 0 Å². The Morgan fingerprint density at radius 1 is 1.11 bits per heavy atom. The van der Waals surface area contributed by atoms with E-state index in [1.54, 1.807) is 0 Å². The molecule has 3 aromatic rings. The highest BCUT2D eigenvalue weighted by atomic mass is 16.1. The van der Waals surface area contributed by atoms with Gasteiger partial charge in [-0.05, 0) is 30.0 Å². The first-order valence-electron chi connectivity index (χ1n) is 10.3. The molecule has 4 N–H and O–H groups in total. The van der Waals surface area contributed by atoms with E-state index in [1.807, 2.05) is 18.3 Å². The molecule has 0 bridgehead atoms. The van der Waals surface area contributed by atoms with E-state index in [4.69, 9.17) is 0 Å². The third-order valence-electron chi connectivity index (χ3n) is 5.44. The lowest BCUT2D eigenvalue weighted by molar-refractivity contribution is -0.692. The molecule has 1 heterocycles. The number of carbonyl (C=O) groups is 1. The number of hydrogen-bond donors (Lipinski definition) is 3. The first-order chi connectivity index (χ1) is 13.6. The maximum absolute atomic E-state index is 12.3. The number of amides is 1. The number of aryl methyl sites for hydroxylation is 1. The maximum Gasteiger partial charge on any atom is 0.275 e. The highest BCUT2D eigenvalue weighted by Gasteiger charge is 2.20. The van der Waals surface area contributed by atoms with Gasteiger partial charge in [0.25, 0.3) is 5.91 Å². The minimum atomic E-state index is 0.0932. The largest absolute Gasteiger partial charge is 0.361 e. The molecule has 4 nitrogen and oxygen atoms in total. The highest BCUT2D eigenvalue weighted by Crippen LogP contribution is 2.19. The Hall–Kier alpha value is -2.59. The highest BCUT2D eigenvalue weighted by molar-refractivity contribution is 5.83. The third kappa shape index (κ3) is 5.02. The number of nitrogens with one attached hydrogen (secondary N) is 2. The number of quaternary nitrogens is 1. The molecule has 0 radical (unpaired) electrons. The molecule has 148 valence electrons. The Kier molecular flexibility index (Phi) is 6.88. The van der Waals surface area contributed by atoms with Gasteiger partial charge in [-0.25, -0.2) is 0 Å². The molecule has 28 heavy (non-hydrogen) atoms. The summed E-state index contributed by atoms with van der Waals surface area (Å²) >= 11 is 0. The van der Waals surface area contributed by atoms with Crippen molar-refractivity contribution in [2.45, 2.75) is 39.7 Å². The molecule has 1 aromatic heterocycles. The van der Waals surface area contributed by atoms with Gasteiger partial charge in [-0.2, -0.15) is 0 Å². The maximum atomic E-state index is 12.3. The molecule has 1 amide bonds. The Labute approximate surface area is 167 Å². The summed E-state index contributed by atoms with van der Waals surface area (Å²) < 4.78 is 0. The lowest BCUT2D eigenvalue weighted by Gasteiger charge is -2.19. The summed E-state index contributed by atoms with van der Waals surface area (Å²) in [6.07, 6.45) is 3.93. The van der Waals surface area contributed by atoms with Crippen molar-refractivity contribution < 1.29 is 10.1 Å². The zero-order valence-electron chi connectivity index (χ0n) is 17.2. The number of aromatic nitrogens is 1. The molecule has 4 heteroatoms. The molecular formula is C24H32N3O+. The number of hydrogen-bond acceptors (Lipinski definition) is 1. The molecule has 3 rings (SSSR count). The van der Waals surface area contributed by atoms with Gasteiger partial charge in [0.2, 0.25) is 0 Å². The van der Waals surface area contributed by atoms with Crippen LogP contribution in [0.5, 0.6) is 0 Å². The van der Waals surface area contributed by atoms with Crippen LogP contribution in [-0.2, 0) is 17.6 Å². The quantitative estimate of drug-likeness (QED) is 0.525. The second kappa shape index (κ2) is 9.56. The lowest BCUT2D eigenvalue weighted by atomic mass is 9.95. The standard InChI is InChI=1S/C24H31N3O/c1-4-18-9-11-19(12-10-18)24(17(2)3)27-16-23(28)25-14-13-20-15-26-22-8-6-5-7-21(20)22/h5-12,15,17,24,26-27H,4,13-14,16H2,1-3H3,(H,25,28)/p+1/t24-/m1/s1. The van der Waals surface area contributed by atoms with Gasteiger partial charge in [0.15, 0.2) is 6.54 Å². The minimum absolute atomic E-state index is 0.0932. The van der Waals surface area contributed by atoms with Crippen LogP contribution in [0.3, 0.4) is 0 Å². The molecular weight excluding hydrogens is 346 g/mol. The number of nitrogens with two attached hydrogens (primary N) is 1. The predicted octanol–water partition coefficient (Wildman–Crippen LogP) is 3.35. The summed E-state index contributed by atoms with van der Waals surface area (Å²) in [7, 11) is 0. The summed E-state index contributed by atoms with van der Waals surface area (Å²) in [5.74, 6) is 0.558. The van der Waals surface area contributed by atoms with Crippen LogP contribution in [0.15, 0.2) is 54.7 Å². The zero-order chi connectivity index (χ0) is 19.9. The van der Waals surface area contributed by atoms with Crippen LogP contribution in [0.1, 0.15) is 43.5 Å². The van der Waals surface area contributed by atoms with E-state index in [1.165, 1.54) is 22.1 Å². The van der Waals surface area contributed by atoms with E-state index < -0.39 is 0 Å². The second-order valence-electron chi connectivity index (χ2n) is 7.76. The number of aromatic amines is 1. The average Bonchev–Trinajstić information content (AvgIpc) is 3.11. The summed E-state index contributed by atoms with van der Waals surface area (Å²) in [5.41, 5.74) is 5.03. The molecule has 0 aliphatic heterocycles. The lowest BCUT2D eigenvalue weighted by Crippen LogP contribution is -2.88. The number of rotatable bonds is 9. The van der Waals surface area contributed by atoms with Gasteiger partial charge in [-0.1, -0.05) is 63.2 Å². The number of benzene rings is 2. The SMILES string of the molecule is CCc1ccc([C@H]([NH2+]CC(=O)NCCc2c[nH]c3ccccc23)C(C)C)cc1. The van der Waals surface area contributed by atoms with Crippen LogP contribution in [0, 0.1) is 5.92 Å². The first kappa shape index (κ1) is 20.2. The molecule has 0 fully saturated rings. The number of H-pyrrole nitrogens is 1. The van der Waals surface area contributed by atoms with E-state index in [0.717, 1.165) is 18.4 Å². The van der Waals surface area contributed by atoms with Crippen LogP contribution >= 0.6 is 0 Å². The average molecular weight is 379 g/mol. The van der Waals surface area contributed by atoms with Gasteiger partial charge in [-0.3, -0.25) is 4.79 Å². The summed E-state index contributed by atoms with van der Waals surface area (Å²) in [4.78, 5) is 15.6. The van der Waals surface area contributed by atoms with Crippen molar-refractivity contribution in [2.24, 2.45) is 5.92 Å².